The van der Waals surface area contributed by atoms with Gasteiger partial charge in [-0.25, -0.2) is 0 Å². The molecule has 0 amide bonds. The molecular formula is C32H28Cl2N2. The van der Waals surface area contributed by atoms with Gasteiger partial charge >= 0.3 is 0 Å². The van der Waals surface area contributed by atoms with Crippen LogP contribution in [0.4, 0.5) is 0 Å². The van der Waals surface area contributed by atoms with Crippen LogP contribution in [0.25, 0.3) is 5.57 Å². The van der Waals surface area contributed by atoms with Crippen molar-refractivity contribution in [2.45, 2.75) is 31.7 Å². The SMILES string of the molecule is Clc1ccc(C(c2ccccc2)N2CCC(=C3c4ccc(Cl)cc4CCc4cccnc43)CC2)cc1. The number of fused-ring (bicyclic) bond motifs is 2. The van der Waals surface area contributed by atoms with Crippen LogP contribution < -0.4 is 0 Å². The van der Waals surface area contributed by atoms with Gasteiger partial charge in [0, 0.05) is 34.9 Å². The maximum atomic E-state index is 6.41. The van der Waals surface area contributed by atoms with Crippen LogP contribution in [-0.4, -0.2) is 23.0 Å². The molecule has 1 aromatic heterocycles. The molecule has 0 saturated carbocycles. The highest BCUT2D eigenvalue weighted by molar-refractivity contribution is 6.31. The van der Waals surface area contributed by atoms with Crippen molar-refractivity contribution >= 4 is 28.8 Å². The monoisotopic (exact) mass is 510 g/mol. The van der Waals surface area contributed by atoms with Crippen LogP contribution in [0.1, 0.15) is 52.4 Å². The number of nitrogens with zero attached hydrogens (tertiary/aromatic N) is 2. The summed E-state index contributed by atoms with van der Waals surface area (Å²) in [6.45, 7) is 1.98. The van der Waals surface area contributed by atoms with Crippen molar-refractivity contribution in [3.8, 4) is 0 Å². The number of aryl methyl sites for hydroxylation is 2. The second-order valence-electron chi connectivity index (χ2n) is 9.69. The van der Waals surface area contributed by atoms with Crippen LogP contribution in [0, 0.1) is 0 Å². The first-order chi connectivity index (χ1) is 17.7. The zero-order chi connectivity index (χ0) is 24.5. The molecule has 3 aromatic carbocycles. The largest absolute Gasteiger partial charge is 0.292 e. The smallest absolute Gasteiger partial charge is 0.0739 e. The second kappa shape index (κ2) is 10.2. The van der Waals surface area contributed by atoms with E-state index in [0.29, 0.717) is 0 Å². The predicted octanol–water partition coefficient (Wildman–Crippen LogP) is 8.17. The highest BCUT2D eigenvalue weighted by Crippen LogP contribution is 2.40. The van der Waals surface area contributed by atoms with Crippen LogP contribution >= 0.6 is 23.2 Å². The Morgan fingerprint density at radius 2 is 1.36 bits per heavy atom. The second-order valence-corrected chi connectivity index (χ2v) is 10.6. The molecule has 180 valence electrons. The highest BCUT2D eigenvalue weighted by atomic mass is 35.5. The molecular weight excluding hydrogens is 483 g/mol. The average molecular weight is 511 g/mol. The van der Waals surface area contributed by atoms with Crippen LogP contribution in [0.15, 0.2) is 96.7 Å². The van der Waals surface area contributed by atoms with Gasteiger partial charge in [-0.2, -0.15) is 0 Å². The van der Waals surface area contributed by atoms with Gasteiger partial charge in [0.2, 0.25) is 0 Å². The Kier molecular flexibility index (Phi) is 6.67. The number of piperidine rings is 1. The van der Waals surface area contributed by atoms with E-state index in [0.717, 1.165) is 54.5 Å². The van der Waals surface area contributed by atoms with E-state index < -0.39 is 0 Å². The van der Waals surface area contributed by atoms with Gasteiger partial charge in [-0.15, -0.1) is 0 Å². The summed E-state index contributed by atoms with van der Waals surface area (Å²) in [4.78, 5) is 7.51. The Morgan fingerprint density at radius 3 is 2.14 bits per heavy atom. The van der Waals surface area contributed by atoms with Gasteiger partial charge in [0.1, 0.15) is 0 Å². The number of rotatable bonds is 3. The van der Waals surface area contributed by atoms with E-state index in [4.69, 9.17) is 28.2 Å². The Labute approximate surface area is 223 Å². The normalized spacial score (nSPS) is 16.7. The van der Waals surface area contributed by atoms with Crippen LogP contribution in [0.3, 0.4) is 0 Å². The molecule has 4 heteroatoms. The van der Waals surface area contributed by atoms with Gasteiger partial charge in [-0.1, -0.05) is 83.4 Å². The maximum absolute atomic E-state index is 6.41. The van der Waals surface area contributed by atoms with Crippen molar-refractivity contribution < 1.29 is 0 Å². The summed E-state index contributed by atoms with van der Waals surface area (Å²) in [5, 5.41) is 1.58. The van der Waals surface area contributed by atoms with Crippen molar-refractivity contribution in [1.82, 2.24) is 9.88 Å². The summed E-state index contributed by atoms with van der Waals surface area (Å²) >= 11 is 12.6. The van der Waals surface area contributed by atoms with Crippen LogP contribution in [0.5, 0.6) is 0 Å². The molecule has 1 saturated heterocycles. The zero-order valence-corrected chi connectivity index (χ0v) is 21.6. The molecule has 2 heterocycles. The first-order valence-electron chi connectivity index (χ1n) is 12.7. The fourth-order valence-electron chi connectivity index (χ4n) is 5.83. The minimum Gasteiger partial charge on any atom is -0.292 e. The average Bonchev–Trinajstić information content (AvgIpc) is 3.08. The summed E-state index contributed by atoms with van der Waals surface area (Å²) in [6.07, 6.45) is 5.95. The van der Waals surface area contributed by atoms with Gasteiger partial charge in [0.15, 0.2) is 0 Å². The molecule has 1 atom stereocenters. The zero-order valence-electron chi connectivity index (χ0n) is 20.1. The predicted molar refractivity (Wildman–Crippen MR) is 150 cm³/mol. The molecule has 2 aliphatic rings. The molecule has 2 nitrogen and oxygen atoms in total. The molecule has 1 unspecified atom stereocenters. The Morgan fingerprint density at radius 1 is 0.667 bits per heavy atom. The topological polar surface area (TPSA) is 16.1 Å². The molecule has 0 bridgehead atoms. The molecule has 0 radical (unpaired) electrons. The Balaban J connectivity index is 1.38. The number of benzene rings is 3. The molecule has 0 N–H and O–H groups in total. The van der Waals surface area contributed by atoms with Crippen LogP contribution in [-0.2, 0) is 12.8 Å². The Bertz CT molecular complexity index is 1400. The van der Waals surface area contributed by atoms with E-state index in [1.807, 2.05) is 24.4 Å². The molecule has 1 aliphatic heterocycles. The third kappa shape index (κ3) is 4.62. The standard InChI is InChI=1S/C32H28Cl2N2/c33-27-12-10-25(11-13-27)32(24-5-2-1-3-6-24)36-19-16-22(17-20-36)30-29-15-14-28(34)21-26(29)9-8-23-7-4-18-35-31(23)30/h1-7,10-15,18,21,32H,8-9,16-17,19-20H2. The van der Waals surface area contributed by atoms with Gasteiger partial charge in [0.25, 0.3) is 0 Å². The third-order valence-electron chi connectivity index (χ3n) is 7.55. The summed E-state index contributed by atoms with van der Waals surface area (Å²) in [6, 6.07) is 30.0. The Hall–Kier alpha value is -2.91. The first kappa shape index (κ1) is 23.5. The molecule has 6 rings (SSSR count). The number of likely N-dealkylation sites (tertiary alicyclic amines) is 1. The van der Waals surface area contributed by atoms with Crippen molar-refractivity contribution in [1.29, 1.82) is 0 Å². The third-order valence-corrected chi connectivity index (χ3v) is 8.04. The highest BCUT2D eigenvalue weighted by Gasteiger charge is 2.29. The maximum Gasteiger partial charge on any atom is 0.0739 e. The first-order valence-corrected chi connectivity index (χ1v) is 13.4. The molecule has 1 aliphatic carbocycles. The number of hydrogen-bond acceptors (Lipinski definition) is 2. The minimum atomic E-state index is 0.209. The minimum absolute atomic E-state index is 0.209. The summed E-state index contributed by atoms with van der Waals surface area (Å²) in [5.41, 5.74) is 10.5. The van der Waals surface area contributed by atoms with E-state index in [-0.39, 0.29) is 6.04 Å². The number of aromatic nitrogens is 1. The summed E-state index contributed by atoms with van der Waals surface area (Å²) < 4.78 is 0. The molecule has 0 spiro atoms. The fourth-order valence-corrected chi connectivity index (χ4v) is 6.15. The molecule has 4 aromatic rings. The van der Waals surface area contributed by atoms with Crippen molar-refractivity contribution in [2.24, 2.45) is 0 Å². The van der Waals surface area contributed by atoms with Gasteiger partial charge < -0.3 is 0 Å². The van der Waals surface area contributed by atoms with E-state index in [2.05, 4.69) is 71.6 Å². The van der Waals surface area contributed by atoms with Crippen molar-refractivity contribution in [3.63, 3.8) is 0 Å². The van der Waals surface area contributed by atoms with Gasteiger partial charge in [-0.3, -0.25) is 9.88 Å². The van der Waals surface area contributed by atoms with E-state index in [9.17, 15) is 0 Å². The lowest BCUT2D eigenvalue weighted by Crippen LogP contribution is -2.35. The fraction of sp³-hybridized carbons (Fsp3) is 0.219. The lowest BCUT2D eigenvalue weighted by atomic mass is 9.87. The summed E-state index contributed by atoms with van der Waals surface area (Å²) in [7, 11) is 0. The van der Waals surface area contributed by atoms with E-state index >= 15 is 0 Å². The number of pyridine rings is 1. The lowest BCUT2D eigenvalue weighted by Gasteiger charge is -2.37. The summed E-state index contributed by atoms with van der Waals surface area (Å²) in [5.74, 6) is 0. The number of hydrogen-bond donors (Lipinski definition) is 0. The van der Waals surface area contributed by atoms with E-state index in [1.54, 1.807) is 0 Å². The van der Waals surface area contributed by atoms with Gasteiger partial charge in [-0.05, 0) is 83.8 Å². The van der Waals surface area contributed by atoms with Gasteiger partial charge in [0.05, 0.1) is 11.7 Å². The van der Waals surface area contributed by atoms with Crippen molar-refractivity contribution in [3.05, 3.63) is 140 Å². The molecule has 1 fully saturated rings. The quantitative estimate of drug-likeness (QED) is 0.276. The lowest BCUT2D eigenvalue weighted by molar-refractivity contribution is 0.210. The molecule has 36 heavy (non-hydrogen) atoms. The van der Waals surface area contributed by atoms with Crippen LogP contribution in [0.2, 0.25) is 10.0 Å². The van der Waals surface area contributed by atoms with Crippen molar-refractivity contribution in [2.75, 3.05) is 13.1 Å². The number of halogens is 2. The van der Waals surface area contributed by atoms with E-state index in [1.165, 1.54) is 39.0 Å².